The van der Waals surface area contributed by atoms with Crippen molar-refractivity contribution in [1.29, 1.82) is 0 Å². The summed E-state index contributed by atoms with van der Waals surface area (Å²) in [5.41, 5.74) is 2.40. The molecule has 1 heterocycles. The van der Waals surface area contributed by atoms with Crippen molar-refractivity contribution in [3.05, 3.63) is 39.2 Å². The van der Waals surface area contributed by atoms with E-state index in [9.17, 15) is 9.59 Å². The average Bonchev–Trinajstić information content (AvgIpc) is 2.56. The fraction of sp³-hybridized carbons (Fsp3) is 0.474. The molecule has 0 aliphatic heterocycles. The first-order valence-corrected chi connectivity index (χ1v) is 8.39. The van der Waals surface area contributed by atoms with Crippen LogP contribution in [-0.2, 0) is 4.79 Å². The van der Waals surface area contributed by atoms with Crippen LogP contribution in [0.15, 0.2) is 21.3 Å². The lowest BCUT2D eigenvalue weighted by Gasteiger charge is -2.13. The third-order valence-corrected chi connectivity index (χ3v) is 4.29. The molecule has 2 rings (SSSR count). The maximum Gasteiger partial charge on any atom is 0.339 e. The number of ether oxygens (including phenoxy) is 1. The Balaban J connectivity index is 2.05. The number of benzene rings is 1. The number of fused-ring (bicyclic) bond motifs is 1. The Morgan fingerprint density at radius 2 is 1.88 bits per heavy atom. The van der Waals surface area contributed by atoms with Gasteiger partial charge in [-0.05, 0) is 65.5 Å². The third kappa shape index (κ3) is 4.60. The smallest absolute Gasteiger partial charge is 0.339 e. The number of rotatable bonds is 7. The topological polar surface area (TPSA) is 71.8 Å². The first-order valence-electron chi connectivity index (χ1n) is 8.39. The molecule has 25 heavy (non-hydrogen) atoms. The van der Waals surface area contributed by atoms with Crippen LogP contribution in [0.25, 0.3) is 11.0 Å². The lowest BCUT2D eigenvalue weighted by molar-refractivity contribution is -0.123. The van der Waals surface area contributed by atoms with E-state index in [4.69, 9.17) is 9.15 Å². The first kappa shape index (κ1) is 19.0. The fourth-order valence-corrected chi connectivity index (χ4v) is 2.60. The van der Waals surface area contributed by atoms with E-state index in [-0.39, 0.29) is 18.1 Å². The highest BCUT2D eigenvalue weighted by Gasteiger charge is 2.13. The third-order valence-electron chi connectivity index (χ3n) is 4.29. The standard InChI is InChI=1S/C19H26N2O4/c1-12-13(2)19(23)25-18-14(3)16(8-7-15(12)18)24-11-17(22)20-9-6-10-21(4)5/h7-8H,6,9-11H2,1-5H3,(H,20,22). The minimum atomic E-state index is -0.344. The van der Waals surface area contributed by atoms with Crippen LogP contribution in [-0.4, -0.2) is 44.6 Å². The van der Waals surface area contributed by atoms with Crippen molar-refractivity contribution in [2.75, 3.05) is 33.8 Å². The number of nitrogens with one attached hydrogen (secondary N) is 1. The summed E-state index contributed by atoms with van der Waals surface area (Å²) in [5, 5.41) is 3.71. The van der Waals surface area contributed by atoms with E-state index < -0.39 is 0 Å². The van der Waals surface area contributed by atoms with Crippen LogP contribution in [0, 0.1) is 20.8 Å². The van der Waals surface area contributed by atoms with E-state index in [2.05, 4.69) is 10.2 Å². The van der Waals surface area contributed by atoms with Crippen LogP contribution >= 0.6 is 0 Å². The summed E-state index contributed by atoms with van der Waals surface area (Å²) in [6.45, 7) is 6.94. The molecule has 0 fully saturated rings. The van der Waals surface area contributed by atoms with Gasteiger partial charge < -0.3 is 19.4 Å². The van der Waals surface area contributed by atoms with Gasteiger partial charge in [0.2, 0.25) is 0 Å². The van der Waals surface area contributed by atoms with Gasteiger partial charge >= 0.3 is 5.63 Å². The molecule has 0 saturated heterocycles. The number of carbonyl (C=O) groups excluding carboxylic acids is 1. The molecule has 0 atom stereocenters. The molecule has 0 aliphatic carbocycles. The largest absolute Gasteiger partial charge is 0.483 e. The van der Waals surface area contributed by atoms with E-state index in [1.807, 2.05) is 40.1 Å². The molecule has 1 N–H and O–H groups in total. The Morgan fingerprint density at radius 1 is 1.16 bits per heavy atom. The van der Waals surface area contributed by atoms with Gasteiger partial charge in [0.25, 0.3) is 5.91 Å². The van der Waals surface area contributed by atoms with E-state index in [0.717, 1.165) is 29.5 Å². The number of amides is 1. The Hall–Kier alpha value is -2.34. The molecule has 0 spiro atoms. The molecule has 6 nitrogen and oxygen atoms in total. The van der Waals surface area contributed by atoms with E-state index in [0.29, 0.717) is 23.4 Å². The summed E-state index contributed by atoms with van der Waals surface area (Å²) in [5.74, 6) is 0.377. The highest BCUT2D eigenvalue weighted by molar-refractivity contribution is 5.85. The fourth-order valence-electron chi connectivity index (χ4n) is 2.60. The molecule has 136 valence electrons. The van der Waals surface area contributed by atoms with E-state index >= 15 is 0 Å². The molecule has 0 bridgehead atoms. The molecule has 2 aromatic rings. The molecule has 1 aromatic carbocycles. The van der Waals surface area contributed by atoms with Crippen molar-refractivity contribution in [2.24, 2.45) is 0 Å². The molecule has 6 heteroatoms. The van der Waals surface area contributed by atoms with Gasteiger partial charge in [0.1, 0.15) is 11.3 Å². The van der Waals surface area contributed by atoms with Gasteiger partial charge in [-0.15, -0.1) is 0 Å². The zero-order valence-corrected chi connectivity index (χ0v) is 15.6. The number of nitrogens with zero attached hydrogens (tertiary/aromatic N) is 1. The number of carbonyl (C=O) groups is 1. The predicted molar refractivity (Wildman–Crippen MR) is 98.4 cm³/mol. The summed E-state index contributed by atoms with van der Waals surface area (Å²) in [7, 11) is 3.99. The maximum atomic E-state index is 11.9. The zero-order chi connectivity index (χ0) is 18.6. The van der Waals surface area contributed by atoms with E-state index in [1.165, 1.54) is 0 Å². The van der Waals surface area contributed by atoms with Gasteiger partial charge in [0, 0.05) is 23.1 Å². The van der Waals surface area contributed by atoms with Crippen LogP contribution in [0.4, 0.5) is 0 Å². The van der Waals surface area contributed by atoms with Crippen LogP contribution in [0.2, 0.25) is 0 Å². The summed E-state index contributed by atoms with van der Waals surface area (Å²) >= 11 is 0. The summed E-state index contributed by atoms with van der Waals surface area (Å²) in [6.07, 6.45) is 0.886. The summed E-state index contributed by atoms with van der Waals surface area (Å²) in [6, 6.07) is 3.67. The molecule has 1 aromatic heterocycles. The van der Waals surface area contributed by atoms with E-state index in [1.54, 1.807) is 6.92 Å². The minimum absolute atomic E-state index is 0.0661. The Morgan fingerprint density at radius 3 is 2.56 bits per heavy atom. The average molecular weight is 346 g/mol. The molecule has 1 amide bonds. The maximum absolute atomic E-state index is 11.9. The van der Waals surface area contributed by atoms with Gasteiger partial charge in [-0.25, -0.2) is 4.79 Å². The van der Waals surface area contributed by atoms with Gasteiger partial charge in [0.15, 0.2) is 6.61 Å². The van der Waals surface area contributed by atoms with Crippen LogP contribution in [0.5, 0.6) is 5.75 Å². The van der Waals surface area contributed by atoms with Crippen molar-refractivity contribution in [3.8, 4) is 5.75 Å². The number of hydrogen-bond donors (Lipinski definition) is 1. The van der Waals surface area contributed by atoms with Crippen molar-refractivity contribution in [1.82, 2.24) is 10.2 Å². The second-order valence-electron chi connectivity index (χ2n) is 6.50. The monoisotopic (exact) mass is 346 g/mol. The van der Waals surface area contributed by atoms with Crippen LogP contribution < -0.4 is 15.7 Å². The molecule has 0 unspecified atom stereocenters. The summed E-state index contributed by atoms with van der Waals surface area (Å²) < 4.78 is 11.0. The molecule has 0 aliphatic rings. The van der Waals surface area contributed by atoms with Crippen molar-refractivity contribution in [3.63, 3.8) is 0 Å². The van der Waals surface area contributed by atoms with Crippen molar-refractivity contribution >= 4 is 16.9 Å². The van der Waals surface area contributed by atoms with Gasteiger partial charge in [0.05, 0.1) is 0 Å². The normalized spacial score (nSPS) is 11.1. The first-order chi connectivity index (χ1) is 11.8. The molecular formula is C19H26N2O4. The number of aryl methyl sites for hydroxylation is 2. The SMILES string of the molecule is Cc1c(C)c2ccc(OCC(=O)NCCCN(C)C)c(C)c2oc1=O. The molecular weight excluding hydrogens is 320 g/mol. The van der Waals surface area contributed by atoms with Gasteiger partial charge in [-0.1, -0.05) is 0 Å². The molecule has 0 radical (unpaired) electrons. The lowest BCUT2D eigenvalue weighted by Crippen LogP contribution is -2.31. The van der Waals surface area contributed by atoms with Gasteiger partial charge in [-0.3, -0.25) is 4.79 Å². The number of hydrogen-bond acceptors (Lipinski definition) is 5. The quantitative estimate of drug-likeness (QED) is 0.614. The Kier molecular flexibility index (Phi) is 6.20. The van der Waals surface area contributed by atoms with Crippen LogP contribution in [0.1, 0.15) is 23.1 Å². The molecule has 0 saturated carbocycles. The Bertz CT molecular complexity index is 824. The van der Waals surface area contributed by atoms with Crippen LogP contribution in [0.3, 0.4) is 0 Å². The highest BCUT2D eigenvalue weighted by atomic mass is 16.5. The summed E-state index contributed by atoms with van der Waals surface area (Å²) in [4.78, 5) is 25.8. The lowest BCUT2D eigenvalue weighted by atomic mass is 10.0. The van der Waals surface area contributed by atoms with Gasteiger partial charge in [-0.2, -0.15) is 0 Å². The predicted octanol–water partition coefficient (Wildman–Crippen LogP) is 2.16. The minimum Gasteiger partial charge on any atom is -0.483 e. The Labute approximate surface area is 147 Å². The van der Waals surface area contributed by atoms with Crippen molar-refractivity contribution in [2.45, 2.75) is 27.2 Å². The zero-order valence-electron chi connectivity index (χ0n) is 15.6. The second-order valence-corrected chi connectivity index (χ2v) is 6.50. The second kappa shape index (κ2) is 8.16. The highest BCUT2D eigenvalue weighted by Crippen LogP contribution is 2.29. The van der Waals surface area contributed by atoms with Crippen molar-refractivity contribution < 1.29 is 13.9 Å².